The summed E-state index contributed by atoms with van der Waals surface area (Å²) in [5, 5.41) is 0. The predicted molar refractivity (Wildman–Crippen MR) is 78.7 cm³/mol. The van der Waals surface area contributed by atoms with Crippen LogP contribution in [0.25, 0.3) is 0 Å². The fourth-order valence-corrected chi connectivity index (χ4v) is 2.01. The maximum Gasteiger partial charge on any atom is 0.107 e. The van der Waals surface area contributed by atoms with E-state index in [-0.39, 0.29) is 0 Å². The van der Waals surface area contributed by atoms with Crippen LogP contribution >= 0.6 is 12.2 Å². The van der Waals surface area contributed by atoms with Gasteiger partial charge >= 0.3 is 0 Å². The van der Waals surface area contributed by atoms with E-state index >= 15 is 0 Å². The van der Waals surface area contributed by atoms with E-state index in [1.807, 2.05) is 31.3 Å². The summed E-state index contributed by atoms with van der Waals surface area (Å²) in [5.74, 6) is 0. The number of hydrogen-bond acceptors (Lipinski definition) is 3. The lowest BCUT2D eigenvalue weighted by molar-refractivity contribution is 0.919. The SMILES string of the molecule is CN(Cc1ccccc1)c1ccncc1C(N)=S. The molecule has 0 aliphatic rings. The van der Waals surface area contributed by atoms with Crippen LogP contribution in [0, 0.1) is 0 Å². The Morgan fingerprint density at radius 1 is 1.28 bits per heavy atom. The molecule has 0 amide bonds. The summed E-state index contributed by atoms with van der Waals surface area (Å²) in [7, 11) is 2.02. The van der Waals surface area contributed by atoms with Crippen LogP contribution in [0.4, 0.5) is 5.69 Å². The van der Waals surface area contributed by atoms with Gasteiger partial charge < -0.3 is 10.6 Å². The molecule has 2 N–H and O–H groups in total. The molecule has 0 fully saturated rings. The van der Waals surface area contributed by atoms with Crippen LogP contribution in [0.3, 0.4) is 0 Å². The van der Waals surface area contributed by atoms with Gasteiger partial charge in [-0.15, -0.1) is 0 Å². The molecule has 1 aromatic heterocycles. The molecule has 0 saturated carbocycles. The number of nitrogens with two attached hydrogens (primary N) is 1. The van der Waals surface area contributed by atoms with Crippen molar-refractivity contribution in [1.82, 2.24) is 4.98 Å². The van der Waals surface area contributed by atoms with Crippen molar-refractivity contribution >= 4 is 22.9 Å². The number of thiocarbonyl (C=S) groups is 1. The topological polar surface area (TPSA) is 42.2 Å². The Balaban J connectivity index is 2.24. The van der Waals surface area contributed by atoms with Crippen LogP contribution in [0.5, 0.6) is 0 Å². The van der Waals surface area contributed by atoms with Gasteiger partial charge in [-0.1, -0.05) is 42.5 Å². The third-order valence-electron chi connectivity index (χ3n) is 2.74. The number of benzene rings is 1. The van der Waals surface area contributed by atoms with Crippen molar-refractivity contribution in [3.05, 3.63) is 59.9 Å². The first-order valence-corrected chi connectivity index (χ1v) is 6.08. The Bertz CT molecular complexity index is 540. The van der Waals surface area contributed by atoms with Crippen LogP contribution in [-0.2, 0) is 6.54 Å². The van der Waals surface area contributed by atoms with Gasteiger partial charge in [0.15, 0.2) is 0 Å². The molecule has 3 nitrogen and oxygen atoms in total. The van der Waals surface area contributed by atoms with Crippen LogP contribution in [0.1, 0.15) is 11.1 Å². The number of nitrogens with zero attached hydrogens (tertiary/aromatic N) is 2. The van der Waals surface area contributed by atoms with E-state index in [2.05, 4.69) is 22.0 Å². The largest absolute Gasteiger partial charge is 0.389 e. The highest BCUT2D eigenvalue weighted by Crippen LogP contribution is 2.19. The van der Waals surface area contributed by atoms with Crippen molar-refractivity contribution in [2.24, 2.45) is 5.73 Å². The highest BCUT2D eigenvalue weighted by atomic mass is 32.1. The molecular formula is C14H15N3S. The standard InChI is InChI=1S/C14H15N3S/c1-17(10-11-5-3-2-4-6-11)13-7-8-16-9-12(13)14(15)18/h2-9H,10H2,1H3,(H2,15,18). The van der Waals surface area contributed by atoms with Crippen molar-refractivity contribution < 1.29 is 0 Å². The highest BCUT2D eigenvalue weighted by Gasteiger charge is 2.09. The average molecular weight is 257 g/mol. The zero-order valence-corrected chi connectivity index (χ0v) is 11.0. The maximum atomic E-state index is 5.71. The number of rotatable bonds is 4. The summed E-state index contributed by atoms with van der Waals surface area (Å²) in [6.45, 7) is 0.806. The first-order chi connectivity index (χ1) is 8.68. The molecule has 0 unspecified atom stereocenters. The molecule has 92 valence electrons. The minimum absolute atomic E-state index is 0.373. The molecular weight excluding hydrogens is 242 g/mol. The van der Waals surface area contributed by atoms with E-state index in [1.165, 1.54) is 5.56 Å². The second kappa shape index (κ2) is 5.60. The predicted octanol–water partition coefficient (Wildman–Crippen LogP) is 2.35. The highest BCUT2D eigenvalue weighted by molar-refractivity contribution is 7.80. The zero-order chi connectivity index (χ0) is 13.0. The summed E-state index contributed by atoms with van der Waals surface area (Å²) in [6, 6.07) is 12.2. The monoisotopic (exact) mass is 257 g/mol. The minimum atomic E-state index is 0.373. The number of aromatic nitrogens is 1. The summed E-state index contributed by atoms with van der Waals surface area (Å²) in [4.78, 5) is 6.55. The Morgan fingerprint density at radius 3 is 2.67 bits per heavy atom. The summed E-state index contributed by atoms with van der Waals surface area (Å²) >= 11 is 5.04. The summed E-state index contributed by atoms with van der Waals surface area (Å²) in [5.41, 5.74) is 8.76. The molecule has 0 spiro atoms. The third-order valence-corrected chi connectivity index (χ3v) is 2.96. The molecule has 4 heteroatoms. The Kier molecular flexibility index (Phi) is 3.89. The van der Waals surface area contributed by atoms with E-state index in [0.29, 0.717) is 4.99 Å². The van der Waals surface area contributed by atoms with Gasteiger partial charge in [0.05, 0.1) is 11.3 Å². The molecule has 0 aliphatic carbocycles. The lowest BCUT2D eigenvalue weighted by atomic mass is 10.1. The lowest BCUT2D eigenvalue weighted by Crippen LogP contribution is -2.21. The van der Waals surface area contributed by atoms with Gasteiger partial charge in [0.1, 0.15) is 4.99 Å². The fraction of sp³-hybridized carbons (Fsp3) is 0.143. The van der Waals surface area contributed by atoms with Crippen LogP contribution in [0.15, 0.2) is 48.8 Å². The van der Waals surface area contributed by atoms with Crippen molar-refractivity contribution in [2.45, 2.75) is 6.54 Å². The maximum absolute atomic E-state index is 5.71. The van der Waals surface area contributed by atoms with Gasteiger partial charge in [-0.2, -0.15) is 0 Å². The number of hydrogen-bond donors (Lipinski definition) is 1. The van der Waals surface area contributed by atoms with Crippen LogP contribution in [0.2, 0.25) is 0 Å². The number of pyridine rings is 1. The molecule has 0 bridgehead atoms. The van der Waals surface area contributed by atoms with E-state index in [4.69, 9.17) is 18.0 Å². The molecule has 2 aromatic rings. The zero-order valence-electron chi connectivity index (χ0n) is 10.2. The van der Waals surface area contributed by atoms with Gasteiger partial charge in [0, 0.05) is 26.0 Å². The number of anilines is 1. The molecule has 1 heterocycles. The lowest BCUT2D eigenvalue weighted by Gasteiger charge is -2.21. The van der Waals surface area contributed by atoms with Gasteiger partial charge in [-0.3, -0.25) is 4.98 Å². The molecule has 0 saturated heterocycles. The molecule has 0 aliphatic heterocycles. The minimum Gasteiger partial charge on any atom is -0.389 e. The Morgan fingerprint density at radius 2 is 2.00 bits per heavy atom. The van der Waals surface area contributed by atoms with Crippen LogP contribution in [-0.4, -0.2) is 17.0 Å². The molecule has 0 radical (unpaired) electrons. The van der Waals surface area contributed by atoms with E-state index < -0.39 is 0 Å². The van der Waals surface area contributed by atoms with Gasteiger partial charge in [0.25, 0.3) is 0 Å². The summed E-state index contributed by atoms with van der Waals surface area (Å²) in [6.07, 6.45) is 3.46. The molecule has 18 heavy (non-hydrogen) atoms. The normalized spacial score (nSPS) is 10.1. The third kappa shape index (κ3) is 2.84. The van der Waals surface area contributed by atoms with Crippen molar-refractivity contribution in [3.63, 3.8) is 0 Å². The quantitative estimate of drug-likeness (QED) is 0.854. The Hall–Kier alpha value is -1.94. The second-order valence-corrected chi connectivity index (χ2v) is 4.54. The van der Waals surface area contributed by atoms with Crippen molar-refractivity contribution in [1.29, 1.82) is 0 Å². The van der Waals surface area contributed by atoms with Gasteiger partial charge in [-0.25, -0.2) is 0 Å². The van der Waals surface area contributed by atoms with Crippen molar-refractivity contribution in [3.8, 4) is 0 Å². The molecule has 0 atom stereocenters. The fourth-order valence-electron chi connectivity index (χ4n) is 1.85. The second-order valence-electron chi connectivity index (χ2n) is 4.10. The van der Waals surface area contributed by atoms with Gasteiger partial charge in [-0.05, 0) is 11.6 Å². The van der Waals surface area contributed by atoms with E-state index in [1.54, 1.807) is 12.4 Å². The smallest absolute Gasteiger partial charge is 0.107 e. The first kappa shape index (κ1) is 12.5. The van der Waals surface area contributed by atoms with Crippen LogP contribution < -0.4 is 10.6 Å². The van der Waals surface area contributed by atoms with E-state index in [0.717, 1.165) is 17.8 Å². The first-order valence-electron chi connectivity index (χ1n) is 5.67. The molecule has 2 rings (SSSR count). The summed E-state index contributed by atoms with van der Waals surface area (Å²) < 4.78 is 0. The van der Waals surface area contributed by atoms with Gasteiger partial charge in [0.2, 0.25) is 0 Å². The van der Waals surface area contributed by atoms with E-state index in [9.17, 15) is 0 Å². The Labute approximate surface area is 112 Å². The molecule has 1 aromatic carbocycles. The average Bonchev–Trinajstić information content (AvgIpc) is 2.40. The van der Waals surface area contributed by atoms with Crippen molar-refractivity contribution in [2.75, 3.05) is 11.9 Å².